The number of rotatable bonds is 6. The monoisotopic (exact) mass is 285 g/mol. The first-order chi connectivity index (χ1) is 9.99. The Bertz CT molecular complexity index is 555. The first-order valence-electron chi connectivity index (χ1n) is 7.79. The molecule has 0 aliphatic rings. The van der Waals surface area contributed by atoms with E-state index in [1.54, 1.807) is 0 Å². The van der Waals surface area contributed by atoms with Crippen molar-refractivity contribution >= 4 is 0 Å². The van der Waals surface area contributed by atoms with Crippen LogP contribution in [0.1, 0.15) is 56.5 Å². The van der Waals surface area contributed by atoms with Crippen molar-refractivity contribution in [2.45, 2.75) is 46.2 Å². The molecule has 0 aliphatic heterocycles. The lowest BCUT2D eigenvalue weighted by Gasteiger charge is -2.23. The minimum absolute atomic E-state index is 0.367. The zero-order valence-electron chi connectivity index (χ0n) is 13.8. The smallest absolute Gasteiger partial charge is 0.0694 e. The van der Waals surface area contributed by atoms with E-state index in [2.05, 4.69) is 74.6 Å². The SMILES string of the molecule is CC(C)c1nn(C)cc1CNC(c1ccccc1)C(C)C. The van der Waals surface area contributed by atoms with Crippen LogP contribution in [0.15, 0.2) is 36.5 Å². The predicted molar refractivity (Wildman–Crippen MR) is 88.2 cm³/mol. The van der Waals surface area contributed by atoms with Gasteiger partial charge in [0.15, 0.2) is 0 Å². The molecule has 1 aromatic carbocycles. The molecule has 21 heavy (non-hydrogen) atoms. The van der Waals surface area contributed by atoms with Gasteiger partial charge in [-0.3, -0.25) is 4.68 Å². The summed E-state index contributed by atoms with van der Waals surface area (Å²) in [5.74, 6) is 1.00. The van der Waals surface area contributed by atoms with Crippen LogP contribution < -0.4 is 5.32 Å². The highest BCUT2D eigenvalue weighted by Crippen LogP contribution is 2.23. The third-order valence-corrected chi connectivity index (χ3v) is 3.82. The van der Waals surface area contributed by atoms with Crippen LogP contribution in [-0.4, -0.2) is 9.78 Å². The van der Waals surface area contributed by atoms with E-state index >= 15 is 0 Å². The summed E-state index contributed by atoms with van der Waals surface area (Å²) in [6.45, 7) is 9.78. The molecule has 0 fully saturated rings. The molecule has 1 heterocycles. The summed E-state index contributed by atoms with van der Waals surface area (Å²) in [6.07, 6.45) is 2.13. The lowest BCUT2D eigenvalue weighted by atomic mass is 9.95. The molecular weight excluding hydrogens is 258 g/mol. The summed E-state index contributed by atoms with van der Waals surface area (Å²) in [4.78, 5) is 0. The summed E-state index contributed by atoms with van der Waals surface area (Å²) >= 11 is 0. The van der Waals surface area contributed by atoms with Crippen molar-refractivity contribution in [2.24, 2.45) is 13.0 Å². The maximum Gasteiger partial charge on any atom is 0.0694 e. The first-order valence-corrected chi connectivity index (χ1v) is 7.79. The fourth-order valence-corrected chi connectivity index (χ4v) is 2.80. The number of hydrogen-bond acceptors (Lipinski definition) is 2. The standard InChI is InChI=1S/C18H27N3/c1-13(2)17(15-9-7-6-8-10-15)19-11-16-12-21(5)20-18(16)14(3)4/h6-10,12-14,17,19H,11H2,1-5H3. The van der Waals surface area contributed by atoms with Gasteiger partial charge >= 0.3 is 0 Å². The fourth-order valence-electron chi connectivity index (χ4n) is 2.80. The molecule has 0 amide bonds. The number of hydrogen-bond donors (Lipinski definition) is 1. The van der Waals surface area contributed by atoms with Gasteiger partial charge in [0.2, 0.25) is 0 Å². The normalized spacial score (nSPS) is 13.1. The number of aryl methyl sites for hydroxylation is 1. The Morgan fingerprint density at radius 1 is 1.10 bits per heavy atom. The fraction of sp³-hybridized carbons (Fsp3) is 0.500. The second kappa shape index (κ2) is 6.90. The van der Waals surface area contributed by atoms with Gasteiger partial charge in [-0.1, -0.05) is 58.0 Å². The summed E-state index contributed by atoms with van der Waals surface area (Å²) in [5.41, 5.74) is 3.84. The Hall–Kier alpha value is -1.61. The molecule has 2 rings (SSSR count). The molecule has 0 aliphatic carbocycles. The molecule has 0 spiro atoms. The zero-order valence-corrected chi connectivity index (χ0v) is 13.8. The number of aromatic nitrogens is 2. The molecular formula is C18H27N3. The predicted octanol–water partition coefficient (Wildman–Crippen LogP) is 4.03. The maximum absolute atomic E-state index is 4.58. The van der Waals surface area contributed by atoms with Crippen LogP contribution in [-0.2, 0) is 13.6 Å². The first kappa shape index (κ1) is 15.8. The molecule has 1 N–H and O–H groups in total. The van der Waals surface area contributed by atoms with Crippen LogP contribution in [0, 0.1) is 5.92 Å². The van der Waals surface area contributed by atoms with Gasteiger partial charge in [0.05, 0.1) is 5.69 Å². The number of nitrogens with one attached hydrogen (secondary N) is 1. The van der Waals surface area contributed by atoms with Gasteiger partial charge < -0.3 is 5.32 Å². The Labute approximate surface area is 128 Å². The van der Waals surface area contributed by atoms with E-state index in [9.17, 15) is 0 Å². The quantitative estimate of drug-likeness (QED) is 0.868. The van der Waals surface area contributed by atoms with Crippen molar-refractivity contribution in [3.05, 3.63) is 53.3 Å². The van der Waals surface area contributed by atoms with E-state index in [0.717, 1.165) is 6.54 Å². The van der Waals surface area contributed by atoms with Gasteiger partial charge in [-0.15, -0.1) is 0 Å². The number of nitrogens with zero attached hydrogens (tertiary/aromatic N) is 2. The van der Waals surface area contributed by atoms with E-state index in [-0.39, 0.29) is 0 Å². The molecule has 2 aromatic rings. The van der Waals surface area contributed by atoms with E-state index < -0.39 is 0 Å². The van der Waals surface area contributed by atoms with Crippen LogP contribution in [0.3, 0.4) is 0 Å². The molecule has 3 nitrogen and oxygen atoms in total. The van der Waals surface area contributed by atoms with Crippen LogP contribution in [0.25, 0.3) is 0 Å². The Morgan fingerprint density at radius 3 is 2.33 bits per heavy atom. The third-order valence-electron chi connectivity index (χ3n) is 3.82. The lowest BCUT2D eigenvalue weighted by molar-refractivity contribution is 0.410. The average molecular weight is 285 g/mol. The van der Waals surface area contributed by atoms with Gasteiger partial charge in [0.1, 0.15) is 0 Å². The van der Waals surface area contributed by atoms with Crippen molar-refractivity contribution in [3.8, 4) is 0 Å². The van der Waals surface area contributed by atoms with E-state index in [1.165, 1.54) is 16.8 Å². The second-order valence-corrected chi connectivity index (χ2v) is 6.38. The zero-order chi connectivity index (χ0) is 15.4. The van der Waals surface area contributed by atoms with Crippen molar-refractivity contribution in [1.82, 2.24) is 15.1 Å². The van der Waals surface area contributed by atoms with Crippen LogP contribution in [0.2, 0.25) is 0 Å². The van der Waals surface area contributed by atoms with Crippen LogP contribution in [0.4, 0.5) is 0 Å². The van der Waals surface area contributed by atoms with E-state index in [4.69, 9.17) is 0 Å². The lowest BCUT2D eigenvalue weighted by Crippen LogP contribution is -2.25. The molecule has 114 valence electrons. The molecule has 0 bridgehead atoms. The van der Waals surface area contributed by atoms with Crippen molar-refractivity contribution in [3.63, 3.8) is 0 Å². The van der Waals surface area contributed by atoms with Gasteiger partial charge in [-0.2, -0.15) is 5.10 Å². The highest BCUT2D eigenvalue weighted by atomic mass is 15.3. The highest BCUT2D eigenvalue weighted by Gasteiger charge is 2.17. The second-order valence-electron chi connectivity index (χ2n) is 6.38. The Morgan fingerprint density at radius 2 is 1.76 bits per heavy atom. The van der Waals surface area contributed by atoms with Crippen molar-refractivity contribution in [1.29, 1.82) is 0 Å². The minimum Gasteiger partial charge on any atom is -0.306 e. The molecule has 0 saturated heterocycles. The summed E-state index contributed by atoms with van der Waals surface area (Å²) in [7, 11) is 1.99. The molecule has 0 radical (unpaired) electrons. The average Bonchev–Trinajstić information content (AvgIpc) is 2.81. The third kappa shape index (κ3) is 3.94. The highest BCUT2D eigenvalue weighted by molar-refractivity contribution is 5.22. The molecule has 1 atom stereocenters. The Balaban J connectivity index is 2.13. The molecule has 3 heteroatoms. The molecule has 1 aromatic heterocycles. The minimum atomic E-state index is 0.367. The molecule has 1 unspecified atom stereocenters. The van der Waals surface area contributed by atoms with Gasteiger partial charge in [0.25, 0.3) is 0 Å². The largest absolute Gasteiger partial charge is 0.306 e. The van der Waals surface area contributed by atoms with Crippen molar-refractivity contribution in [2.75, 3.05) is 0 Å². The van der Waals surface area contributed by atoms with E-state index in [0.29, 0.717) is 17.9 Å². The van der Waals surface area contributed by atoms with Gasteiger partial charge in [0, 0.05) is 31.4 Å². The van der Waals surface area contributed by atoms with Crippen molar-refractivity contribution < 1.29 is 0 Å². The van der Waals surface area contributed by atoms with E-state index in [1.807, 2.05) is 11.7 Å². The van der Waals surface area contributed by atoms with Crippen LogP contribution >= 0.6 is 0 Å². The maximum atomic E-state index is 4.58. The summed E-state index contributed by atoms with van der Waals surface area (Å²) in [6, 6.07) is 11.0. The Kier molecular flexibility index (Phi) is 5.18. The van der Waals surface area contributed by atoms with Crippen LogP contribution in [0.5, 0.6) is 0 Å². The van der Waals surface area contributed by atoms with Gasteiger partial charge in [-0.05, 0) is 17.4 Å². The summed E-state index contributed by atoms with van der Waals surface area (Å²) in [5, 5.41) is 8.29. The topological polar surface area (TPSA) is 29.9 Å². The van der Waals surface area contributed by atoms with Gasteiger partial charge in [-0.25, -0.2) is 0 Å². The molecule has 0 saturated carbocycles. The summed E-state index contributed by atoms with van der Waals surface area (Å²) < 4.78 is 1.92. The number of benzene rings is 1.